The zero-order valence-electron chi connectivity index (χ0n) is 11.7. The summed E-state index contributed by atoms with van der Waals surface area (Å²) >= 11 is 9.57. The average molecular weight is 378 g/mol. The number of nitrogens with zero attached hydrogens (tertiary/aromatic N) is 1. The van der Waals surface area contributed by atoms with Crippen LogP contribution in [0.5, 0.6) is 0 Å². The van der Waals surface area contributed by atoms with Gasteiger partial charge in [-0.2, -0.15) is 0 Å². The minimum Gasteiger partial charge on any atom is -0.380 e. The fourth-order valence-corrected chi connectivity index (χ4v) is 2.64. The maximum Gasteiger partial charge on any atom is 0.142 e. The van der Waals surface area contributed by atoms with E-state index in [4.69, 9.17) is 11.6 Å². The van der Waals surface area contributed by atoms with E-state index in [-0.39, 0.29) is 0 Å². The maximum atomic E-state index is 10.1. The third-order valence-electron chi connectivity index (χ3n) is 2.94. The second kappa shape index (κ2) is 7.92. The lowest BCUT2D eigenvalue weighted by Gasteiger charge is -2.09. The van der Waals surface area contributed by atoms with E-state index in [0.717, 1.165) is 32.9 Å². The van der Waals surface area contributed by atoms with E-state index in [2.05, 4.69) is 32.8 Å². The van der Waals surface area contributed by atoms with Crippen molar-refractivity contribution in [1.29, 1.82) is 0 Å². The molecule has 0 aliphatic heterocycles. The van der Waals surface area contributed by atoms with Gasteiger partial charge in [0.05, 0.1) is 12.2 Å². The van der Waals surface area contributed by atoms with Crippen LogP contribution in [0.4, 0.5) is 0 Å². The number of hydrogen-bond acceptors (Lipinski definition) is 3. The summed E-state index contributed by atoms with van der Waals surface area (Å²) in [7, 11) is 0. The third-order valence-corrected chi connectivity index (χ3v) is 4.06. The Bertz CT molecular complexity index is 769. The molecule has 0 unspecified atom stereocenters. The van der Waals surface area contributed by atoms with Gasteiger partial charge < -0.3 is 5.32 Å². The van der Waals surface area contributed by atoms with Crippen molar-refractivity contribution in [2.45, 2.75) is 6.54 Å². The lowest BCUT2D eigenvalue weighted by atomic mass is 10.1. The molecule has 22 heavy (non-hydrogen) atoms. The molecule has 0 saturated heterocycles. The Kier molecular flexibility index (Phi) is 5.92. The van der Waals surface area contributed by atoms with E-state index in [1.54, 1.807) is 24.4 Å². The lowest BCUT2D eigenvalue weighted by Crippen LogP contribution is -2.12. The summed E-state index contributed by atoms with van der Waals surface area (Å²) in [5.41, 5.74) is 1.62. The topological polar surface area (TPSA) is 42.0 Å². The molecule has 2 rings (SSSR count). The molecule has 1 N–H and O–H groups in total. The molecule has 0 aliphatic carbocycles. The van der Waals surface area contributed by atoms with Gasteiger partial charge in [0.15, 0.2) is 0 Å². The van der Waals surface area contributed by atoms with Gasteiger partial charge >= 0.3 is 0 Å². The van der Waals surface area contributed by atoms with Crippen molar-refractivity contribution in [2.75, 3.05) is 0 Å². The fraction of sp³-hybridized carbons (Fsp3) is 0.0588. The summed E-state index contributed by atoms with van der Waals surface area (Å²) in [6.07, 6.45) is 9.12. The molecule has 3 nitrogen and oxygen atoms in total. The molecule has 0 fully saturated rings. The second-order valence-corrected chi connectivity index (χ2v) is 5.74. The highest BCUT2D eigenvalue weighted by molar-refractivity contribution is 9.10. The quantitative estimate of drug-likeness (QED) is 0.456. The molecule has 0 atom stereocenters. The zero-order valence-corrected chi connectivity index (χ0v) is 14.1. The number of nitrogens with one attached hydrogen (secondary N) is 1. The molecule has 0 aliphatic rings. The van der Waals surface area contributed by atoms with Gasteiger partial charge in [-0.05, 0) is 45.6 Å². The van der Waals surface area contributed by atoms with Crippen molar-refractivity contribution < 1.29 is 4.79 Å². The summed E-state index contributed by atoms with van der Waals surface area (Å²) in [5, 5.41) is 5.91. The maximum absolute atomic E-state index is 10.1. The van der Waals surface area contributed by atoms with Crippen molar-refractivity contribution in [2.24, 2.45) is 0 Å². The highest BCUT2D eigenvalue weighted by Crippen LogP contribution is 2.28. The van der Waals surface area contributed by atoms with Gasteiger partial charge in [0.2, 0.25) is 0 Å². The van der Waals surface area contributed by atoms with Gasteiger partial charge in [-0.1, -0.05) is 36.4 Å². The van der Waals surface area contributed by atoms with Crippen molar-refractivity contribution in [3.05, 3.63) is 76.2 Å². The summed E-state index contributed by atoms with van der Waals surface area (Å²) in [5.74, 6) is 0. The van der Waals surface area contributed by atoms with Gasteiger partial charge in [-0.25, -0.2) is 0 Å². The fourth-order valence-electron chi connectivity index (χ4n) is 1.86. The molecular formula is C17H14BrClN2O. The first-order chi connectivity index (χ1) is 10.6. The number of hydrogen-bond donors (Lipinski definition) is 1. The van der Waals surface area contributed by atoms with Crippen molar-refractivity contribution >= 4 is 44.6 Å². The van der Waals surface area contributed by atoms with Gasteiger partial charge in [-0.3, -0.25) is 9.78 Å². The normalized spacial score (nSPS) is 11.4. The number of halogens is 2. The number of aromatic nitrogens is 1. The highest BCUT2D eigenvalue weighted by atomic mass is 79.9. The van der Waals surface area contributed by atoms with E-state index >= 15 is 0 Å². The molecule has 112 valence electrons. The Morgan fingerprint density at radius 1 is 1.36 bits per heavy atom. The van der Waals surface area contributed by atoms with E-state index in [1.165, 1.54) is 6.08 Å². The molecule has 0 amide bonds. The van der Waals surface area contributed by atoms with Crippen LogP contribution in [0, 0.1) is 0 Å². The minimum absolute atomic E-state index is 0.541. The Morgan fingerprint density at radius 2 is 2.18 bits per heavy atom. The smallest absolute Gasteiger partial charge is 0.142 e. The van der Waals surface area contributed by atoms with E-state index in [1.807, 2.05) is 18.2 Å². The standard InChI is InChI=1S/C17H14BrClN2O/c1-12(5-3-2-4-8-22)20-11-16-17(18)15-7-6-14(19)9-13(15)10-21-16/h2-10,20H,1,11H2/b4-2-,5-3-. The molecule has 0 bridgehead atoms. The van der Waals surface area contributed by atoms with Crippen molar-refractivity contribution in [3.63, 3.8) is 0 Å². The highest BCUT2D eigenvalue weighted by Gasteiger charge is 2.07. The molecule has 0 spiro atoms. The SMILES string of the molecule is C=C(/C=C\C=C/C=O)NCc1ncc2cc(Cl)ccc2c1Br. The van der Waals surface area contributed by atoms with Gasteiger partial charge in [0.1, 0.15) is 6.29 Å². The average Bonchev–Trinajstić information content (AvgIpc) is 2.51. The number of pyridine rings is 1. The number of rotatable bonds is 6. The third kappa shape index (κ3) is 4.29. The first kappa shape index (κ1) is 16.5. The Labute approximate surface area is 142 Å². The van der Waals surface area contributed by atoms with Crippen LogP contribution in [0.25, 0.3) is 10.8 Å². The van der Waals surface area contributed by atoms with Crippen LogP contribution < -0.4 is 5.32 Å². The number of fused-ring (bicyclic) bond motifs is 1. The van der Waals surface area contributed by atoms with Crippen LogP contribution in [-0.2, 0) is 11.3 Å². The van der Waals surface area contributed by atoms with Crippen LogP contribution >= 0.6 is 27.5 Å². The molecule has 1 heterocycles. The van der Waals surface area contributed by atoms with Crippen LogP contribution in [0.2, 0.25) is 5.02 Å². The Hall–Kier alpha value is -1.91. The molecule has 1 aromatic carbocycles. The summed E-state index contributed by atoms with van der Waals surface area (Å²) in [4.78, 5) is 14.6. The lowest BCUT2D eigenvalue weighted by molar-refractivity contribution is -0.104. The van der Waals surface area contributed by atoms with Crippen molar-refractivity contribution in [1.82, 2.24) is 10.3 Å². The summed E-state index contributed by atoms with van der Waals surface area (Å²) in [6, 6.07) is 5.70. The predicted molar refractivity (Wildman–Crippen MR) is 94.8 cm³/mol. The molecule has 2 aromatic rings. The van der Waals surface area contributed by atoms with Gasteiger partial charge in [-0.15, -0.1) is 0 Å². The number of benzene rings is 1. The van der Waals surface area contributed by atoms with Crippen LogP contribution in [0.15, 0.2) is 65.4 Å². The second-order valence-electron chi connectivity index (χ2n) is 4.51. The first-order valence-electron chi connectivity index (χ1n) is 6.55. The van der Waals surface area contributed by atoms with Crippen molar-refractivity contribution in [3.8, 4) is 0 Å². The zero-order chi connectivity index (χ0) is 15.9. The monoisotopic (exact) mass is 376 g/mol. The molecule has 0 radical (unpaired) electrons. The first-order valence-corrected chi connectivity index (χ1v) is 7.73. The van der Waals surface area contributed by atoms with E-state index in [0.29, 0.717) is 11.6 Å². The molecular weight excluding hydrogens is 364 g/mol. The van der Waals surface area contributed by atoms with Gasteiger partial charge in [0, 0.05) is 26.8 Å². The number of aldehydes is 1. The summed E-state index contributed by atoms with van der Waals surface area (Å²) < 4.78 is 0.937. The Balaban J connectivity index is 2.09. The van der Waals surface area contributed by atoms with Crippen LogP contribution in [0.3, 0.4) is 0 Å². The predicted octanol–water partition coefficient (Wildman–Crippen LogP) is 4.57. The molecule has 0 saturated carbocycles. The number of allylic oxidation sites excluding steroid dienone is 4. The van der Waals surface area contributed by atoms with E-state index < -0.39 is 0 Å². The van der Waals surface area contributed by atoms with Crippen LogP contribution in [0.1, 0.15) is 5.69 Å². The number of carbonyl (C=O) groups is 1. The summed E-state index contributed by atoms with van der Waals surface area (Å²) in [6.45, 7) is 4.43. The van der Waals surface area contributed by atoms with Gasteiger partial charge in [0.25, 0.3) is 0 Å². The van der Waals surface area contributed by atoms with Crippen LogP contribution in [-0.4, -0.2) is 11.3 Å². The molecule has 1 aromatic heterocycles. The molecule has 5 heteroatoms. The largest absolute Gasteiger partial charge is 0.380 e. The minimum atomic E-state index is 0.541. The van der Waals surface area contributed by atoms with E-state index in [9.17, 15) is 4.79 Å². The number of carbonyl (C=O) groups excluding carboxylic acids is 1. The Morgan fingerprint density at radius 3 is 2.95 bits per heavy atom.